The van der Waals surface area contributed by atoms with Gasteiger partial charge in [-0.3, -0.25) is 4.79 Å². The molecule has 0 spiro atoms. The molecule has 4 nitrogen and oxygen atoms in total. The highest BCUT2D eigenvalue weighted by Crippen LogP contribution is 2.34. The van der Waals surface area contributed by atoms with E-state index in [2.05, 4.69) is 39.1 Å². The summed E-state index contributed by atoms with van der Waals surface area (Å²) >= 11 is 1.75. The number of fused-ring (bicyclic) bond motifs is 2. The lowest BCUT2D eigenvalue weighted by Gasteiger charge is -2.32. The van der Waals surface area contributed by atoms with Gasteiger partial charge in [0.05, 0.1) is 0 Å². The number of nitrogens with one attached hydrogen (secondary N) is 1. The molecule has 1 saturated heterocycles. The quantitative estimate of drug-likeness (QED) is 0.880. The van der Waals surface area contributed by atoms with Crippen molar-refractivity contribution >= 4 is 22.6 Å². The molecule has 2 aliphatic heterocycles. The molecule has 3 heterocycles. The van der Waals surface area contributed by atoms with Crippen LogP contribution in [0.3, 0.4) is 0 Å². The van der Waals surface area contributed by atoms with Crippen molar-refractivity contribution in [2.45, 2.75) is 19.0 Å². The molecular weight excluding hydrogens is 282 g/mol. The van der Waals surface area contributed by atoms with Crippen LogP contribution >= 0.6 is 11.8 Å². The van der Waals surface area contributed by atoms with Crippen LogP contribution in [0.2, 0.25) is 0 Å². The molecule has 106 valence electrons. The topological polar surface area (TPSA) is 48.5 Å². The summed E-state index contributed by atoms with van der Waals surface area (Å²) in [5, 5.41) is 0.964. The third-order valence-corrected chi connectivity index (χ3v) is 5.15. The zero-order valence-corrected chi connectivity index (χ0v) is 12.3. The van der Waals surface area contributed by atoms with Gasteiger partial charge in [0.1, 0.15) is 5.69 Å². The van der Waals surface area contributed by atoms with E-state index in [0.29, 0.717) is 11.7 Å². The molecule has 2 aromatic rings. The van der Waals surface area contributed by atoms with Crippen LogP contribution in [0, 0.1) is 0 Å². The van der Waals surface area contributed by atoms with Crippen LogP contribution in [0.5, 0.6) is 0 Å². The van der Waals surface area contributed by atoms with Crippen LogP contribution in [-0.4, -0.2) is 26.8 Å². The zero-order chi connectivity index (χ0) is 14.2. The fourth-order valence-electron chi connectivity index (χ4n) is 2.91. The first-order chi connectivity index (χ1) is 10.3. The number of thioether (sulfide) groups is 1. The number of aromatic amines is 1. The Kier molecular flexibility index (Phi) is 3.07. The molecule has 1 N–H and O–H groups in total. The number of benzene rings is 1. The van der Waals surface area contributed by atoms with Gasteiger partial charge in [-0.15, -0.1) is 0 Å². The zero-order valence-electron chi connectivity index (χ0n) is 11.5. The minimum atomic E-state index is -0.133. The Morgan fingerprint density at radius 1 is 1.19 bits per heavy atom. The summed E-state index contributed by atoms with van der Waals surface area (Å²) in [7, 11) is 0. The lowest BCUT2D eigenvalue weighted by atomic mass is 9.95. The summed E-state index contributed by atoms with van der Waals surface area (Å²) < 4.78 is 0. The van der Waals surface area contributed by atoms with E-state index in [9.17, 15) is 4.79 Å². The van der Waals surface area contributed by atoms with Crippen LogP contribution < -0.4 is 5.56 Å². The summed E-state index contributed by atoms with van der Waals surface area (Å²) in [6.45, 7) is 0.886. The molecule has 0 amide bonds. The van der Waals surface area contributed by atoms with Crippen molar-refractivity contribution in [1.29, 1.82) is 0 Å². The summed E-state index contributed by atoms with van der Waals surface area (Å²) in [4.78, 5) is 21.4. The maximum Gasteiger partial charge on any atom is 0.273 e. The largest absolute Gasteiger partial charge is 0.343 e. The van der Waals surface area contributed by atoms with Crippen molar-refractivity contribution in [1.82, 2.24) is 9.88 Å². The molecule has 0 radical (unpaired) electrons. The molecular formula is C16H15N3OS. The molecule has 1 atom stereocenters. The van der Waals surface area contributed by atoms with E-state index in [0.717, 1.165) is 23.9 Å². The van der Waals surface area contributed by atoms with Crippen LogP contribution in [0.4, 0.5) is 5.69 Å². The Morgan fingerprint density at radius 3 is 2.90 bits per heavy atom. The van der Waals surface area contributed by atoms with Gasteiger partial charge in [0.2, 0.25) is 0 Å². The van der Waals surface area contributed by atoms with Gasteiger partial charge in [-0.2, -0.15) is 0 Å². The second-order valence-corrected chi connectivity index (χ2v) is 6.33. The highest BCUT2D eigenvalue weighted by Gasteiger charge is 2.34. The number of hydrogen-bond acceptors (Lipinski definition) is 3. The fourth-order valence-corrected chi connectivity index (χ4v) is 4.10. The van der Waals surface area contributed by atoms with E-state index in [4.69, 9.17) is 0 Å². The average molecular weight is 297 g/mol. The van der Waals surface area contributed by atoms with E-state index < -0.39 is 0 Å². The predicted octanol–water partition coefficient (Wildman–Crippen LogP) is 2.54. The number of nitrogens with zero attached hydrogens (tertiary/aromatic N) is 2. The molecule has 1 fully saturated rings. The Morgan fingerprint density at radius 2 is 2.05 bits per heavy atom. The van der Waals surface area contributed by atoms with Gasteiger partial charge in [-0.25, -0.2) is 4.99 Å². The van der Waals surface area contributed by atoms with Crippen molar-refractivity contribution in [3.63, 3.8) is 0 Å². The normalized spacial score (nSPS) is 22.2. The number of H-pyrrole nitrogens is 1. The van der Waals surface area contributed by atoms with E-state index in [-0.39, 0.29) is 5.56 Å². The van der Waals surface area contributed by atoms with Gasteiger partial charge in [-0.1, -0.05) is 36.0 Å². The lowest BCUT2D eigenvalue weighted by Crippen LogP contribution is -2.38. The Bertz CT molecular complexity index is 768. The van der Waals surface area contributed by atoms with Crippen molar-refractivity contribution < 1.29 is 0 Å². The molecule has 0 bridgehead atoms. The van der Waals surface area contributed by atoms with Crippen molar-refractivity contribution in [2.75, 3.05) is 5.75 Å². The molecule has 0 aliphatic carbocycles. The summed E-state index contributed by atoms with van der Waals surface area (Å²) in [5.74, 6) is 1.04. The van der Waals surface area contributed by atoms with Gasteiger partial charge in [0, 0.05) is 24.5 Å². The van der Waals surface area contributed by atoms with Gasteiger partial charge in [0.25, 0.3) is 5.56 Å². The van der Waals surface area contributed by atoms with Gasteiger partial charge >= 0.3 is 0 Å². The first kappa shape index (κ1) is 12.7. The SMILES string of the molecule is O=c1[nH]cccc1N=C1SCC2Cc3ccccc3CN12. The minimum Gasteiger partial charge on any atom is -0.343 e. The molecule has 5 heteroatoms. The van der Waals surface area contributed by atoms with Gasteiger partial charge in [-0.05, 0) is 29.7 Å². The van der Waals surface area contributed by atoms with Crippen molar-refractivity contribution in [2.24, 2.45) is 4.99 Å². The van der Waals surface area contributed by atoms with Crippen LogP contribution in [0.25, 0.3) is 0 Å². The number of pyridine rings is 1. The van der Waals surface area contributed by atoms with E-state index in [1.165, 1.54) is 11.1 Å². The molecule has 1 unspecified atom stereocenters. The summed E-state index contributed by atoms with van der Waals surface area (Å²) in [6.07, 6.45) is 2.70. The van der Waals surface area contributed by atoms with Crippen LogP contribution in [0.1, 0.15) is 11.1 Å². The molecule has 4 rings (SSSR count). The number of aromatic nitrogens is 1. The van der Waals surface area contributed by atoms with E-state index in [1.807, 2.05) is 6.07 Å². The van der Waals surface area contributed by atoms with Gasteiger partial charge in [0.15, 0.2) is 5.17 Å². The molecule has 21 heavy (non-hydrogen) atoms. The average Bonchev–Trinajstić information content (AvgIpc) is 2.89. The highest BCUT2D eigenvalue weighted by atomic mass is 32.2. The van der Waals surface area contributed by atoms with Crippen molar-refractivity contribution in [3.05, 3.63) is 64.1 Å². The number of hydrogen-bond donors (Lipinski definition) is 1. The smallest absolute Gasteiger partial charge is 0.273 e. The number of aliphatic imine (C=N–C) groups is 1. The number of amidine groups is 1. The van der Waals surface area contributed by atoms with Crippen LogP contribution in [0.15, 0.2) is 52.4 Å². The second kappa shape index (κ2) is 5.07. The first-order valence-corrected chi connectivity index (χ1v) is 8.02. The van der Waals surface area contributed by atoms with Gasteiger partial charge < -0.3 is 9.88 Å². The Balaban J connectivity index is 1.69. The maximum atomic E-state index is 11.8. The Hall–Kier alpha value is -2.01. The minimum absolute atomic E-state index is 0.133. The number of rotatable bonds is 1. The first-order valence-electron chi connectivity index (χ1n) is 7.04. The fraction of sp³-hybridized carbons (Fsp3) is 0.250. The second-order valence-electron chi connectivity index (χ2n) is 5.34. The monoisotopic (exact) mass is 297 g/mol. The van der Waals surface area contributed by atoms with E-state index >= 15 is 0 Å². The van der Waals surface area contributed by atoms with E-state index in [1.54, 1.807) is 24.0 Å². The standard InChI is InChI=1S/C16H15N3OS/c20-15-14(6-3-7-17-15)18-16-19-9-12-5-2-1-4-11(12)8-13(19)10-21-16/h1-7,13H,8-10H2,(H,17,20). The molecule has 0 saturated carbocycles. The summed E-state index contributed by atoms with van der Waals surface area (Å²) in [5.41, 5.74) is 3.16. The maximum absolute atomic E-state index is 11.8. The van der Waals surface area contributed by atoms with Crippen molar-refractivity contribution in [3.8, 4) is 0 Å². The highest BCUT2D eigenvalue weighted by molar-refractivity contribution is 8.14. The molecule has 2 aliphatic rings. The Labute approximate surface area is 126 Å². The predicted molar refractivity (Wildman–Crippen MR) is 86.1 cm³/mol. The molecule has 1 aromatic heterocycles. The lowest BCUT2D eigenvalue weighted by molar-refractivity contribution is 0.320. The van der Waals surface area contributed by atoms with Crippen LogP contribution in [-0.2, 0) is 13.0 Å². The summed E-state index contributed by atoms with van der Waals surface area (Å²) in [6, 6.07) is 12.7. The third-order valence-electron chi connectivity index (χ3n) is 4.02. The molecule has 1 aromatic carbocycles. The third kappa shape index (κ3) is 2.27.